The number of hydrogen-bond donors (Lipinski definition) is 1. The summed E-state index contributed by atoms with van der Waals surface area (Å²) in [5.74, 6) is 0.953. The van der Waals surface area contributed by atoms with Crippen molar-refractivity contribution in [1.29, 1.82) is 0 Å². The zero-order chi connectivity index (χ0) is 16.3. The average molecular weight is 316 g/mol. The summed E-state index contributed by atoms with van der Waals surface area (Å²) in [7, 11) is -1.70. The molecule has 6 heteroatoms. The first-order valence-electron chi connectivity index (χ1n) is 6.79. The molecular weight excluding hydrogens is 292 g/mol. The van der Waals surface area contributed by atoms with Gasteiger partial charge in [0.25, 0.3) is 0 Å². The largest absolute Gasteiger partial charge is 0.497 e. The van der Waals surface area contributed by atoms with Crippen molar-refractivity contribution >= 4 is 9.84 Å². The highest BCUT2D eigenvalue weighted by Gasteiger charge is 2.28. The predicted molar refractivity (Wildman–Crippen MR) is 82.7 cm³/mol. The molecule has 0 aromatic heterocycles. The van der Waals surface area contributed by atoms with E-state index in [-0.39, 0.29) is 12.4 Å². The van der Waals surface area contributed by atoms with Gasteiger partial charge in [-0.2, -0.15) is 0 Å². The van der Waals surface area contributed by atoms with Gasteiger partial charge >= 0.3 is 0 Å². The Labute approximate surface area is 126 Å². The molecular formula is C15H24O5S. The van der Waals surface area contributed by atoms with Crippen LogP contribution in [-0.2, 0) is 9.84 Å². The highest BCUT2D eigenvalue weighted by molar-refractivity contribution is 7.92. The van der Waals surface area contributed by atoms with Gasteiger partial charge in [0.1, 0.15) is 18.1 Å². The second-order valence-electron chi connectivity index (χ2n) is 5.86. The van der Waals surface area contributed by atoms with Crippen LogP contribution in [0, 0.1) is 0 Å². The fourth-order valence-electron chi connectivity index (χ4n) is 1.68. The molecule has 1 unspecified atom stereocenters. The minimum absolute atomic E-state index is 0.0342. The third kappa shape index (κ3) is 4.61. The predicted octanol–water partition coefficient (Wildman–Crippen LogP) is 2.34. The summed E-state index contributed by atoms with van der Waals surface area (Å²) in [6.07, 6.45) is -0.704. The topological polar surface area (TPSA) is 72.8 Å². The summed E-state index contributed by atoms with van der Waals surface area (Å²) in [5.41, 5.74) is 0.601. The molecule has 0 radical (unpaired) electrons. The van der Waals surface area contributed by atoms with Crippen LogP contribution < -0.4 is 9.47 Å². The second-order valence-corrected chi connectivity index (χ2v) is 8.72. The Hall–Kier alpha value is -1.27. The van der Waals surface area contributed by atoms with Gasteiger partial charge in [0.05, 0.1) is 23.7 Å². The number of aliphatic hydroxyl groups excluding tert-OH is 1. The third-order valence-corrected chi connectivity index (χ3v) is 5.78. The average Bonchev–Trinajstić information content (AvgIpc) is 2.36. The Morgan fingerprint density at radius 3 is 2.38 bits per heavy atom. The van der Waals surface area contributed by atoms with Gasteiger partial charge in [-0.25, -0.2) is 8.42 Å². The summed E-state index contributed by atoms with van der Waals surface area (Å²) in [5, 5.41) is 9.72. The van der Waals surface area contributed by atoms with Gasteiger partial charge in [0.15, 0.2) is 9.84 Å². The van der Waals surface area contributed by atoms with Gasteiger partial charge in [0.2, 0.25) is 0 Å². The number of rotatable bonds is 6. The van der Waals surface area contributed by atoms with E-state index in [1.165, 1.54) is 7.11 Å². The van der Waals surface area contributed by atoms with Crippen LogP contribution in [0.15, 0.2) is 18.2 Å². The fraction of sp³-hybridized carbons (Fsp3) is 0.600. The highest BCUT2D eigenvalue weighted by Crippen LogP contribution is 2.29. The van der Waals surface area contributed by atoms with Crippen LogP contribution in [-0.4, -0.2) is 37.7 Å². The van der Waals surface area contributed by atoms with E-state index in [2.05, 4.69) is 0 Å². The van der Waals surface area contributed by atoms with E-state index in [0.29, 0.717) is 17.1 Å². The quantitative estimate of drug-likeness (QED) is 0.872. The number of benzene rings is 1. The lowest BCUT2D eigenvalue weighted by Crippen LogP contribution is -2.32. The lowest BCUT2D eigenvalue weighted by atomic mass is 10.1. The van der Waals surface area contributed by atoms with Gasteiger partial charge < -0.3 is 14.6 Å². The number of hydrogen-bond acceptors (Lipinski definition) is 5. The molecule has 0 amide bonds. The normalized spacial score (nSPS) is 13.8. The Balaban J connectivity index is 2.84. The molecule has 120 valence electrons. The van der Waals surface area contributed by atoms with Crippen LogP contribution in [0.3, 0.4) is 0 Å². The zero-order valence-electron chi connectivity index (χ0n) is 13.2. The Morgan fingerprint density at radius 2 is 1.90 bits per heavy atom. The Kier molecular flexibility index (Phi) is 5.64. The molecule has 0 aliphatic heterocycles. The fourth-order valence-corrected chi connectivity index (χ4v) is 2.59. The number of methoxy groups -OCH3 is 1. The van der Waals surface area contributed by atoms with E-state index < -0.39 is 20.7 Å². The minimum atomic E-state index is -3.24. The van der Waals surface area contributed by atoms with Gasteiger partial charge in [-0.1, -0.05) is 0 Å². The SMILES string of the molecule is COc1ccc(C(C)O)c(OCCS(=O)(=O)C(C)(C)C)c1. The smallest absolute Gasteiger partial charge is 0.158 e. The first-order valence-corrected chi connectivity index (χ1v) is 8.45. The van der Waals surface area contributed by atoms with Crippen LogP contribution in [0.5, 0.6) is 11.5 Å². The van der Waals surface area contributed by atoms with Crippen molar-refractivity contribution in [3.8, 4) is 11.5 Å². The monoisotopic (exact) mass is 316 g/mol. The van der Waals surface area contributed by atoms with Crippen molar-refractivity contribution in [3.05, 3.63) is 23.8 Å². The van der Waals surface area contributed by atoms with Crippen LogP contribution in [0.2, 0.25) is 0 Å². The Bertz CT molecular complexity index is 570. The number of aliphatic hydroxyl groups is 1. The summed E-state index contributed by atoms with van der Waals surface area (Å²) in [4.78, 5) is 0. The van der Waals surface area contributed by atoms with E-state index >= 15 is 0 Å². The van der Waals surface area contributed by atoms with Crippen molar-refractivity contribution in [2.24, 2.45) is 0 Å². The molecule has 5 nitrogen and oxygen atoms in total. The number of ether oxygens (including phenoxy) is 2. The highest BCUT2D eigenvalue weighted by atomic mass is 32.2. The van der Waals surface area contributed by atoms with Crippen molar-refractivity contribution in [2.75, 3.05) is 19.5 Å². The lowest BCUT2D eigenvalue weighted by Gasteiger charge is -2.20. The molecule has 21 heavy (non-hydrogen) atoms. The van der Waals surface area contributed by atoms with E-state index in [1.54, 1.807) is 45.9 Å². The van der Waals surface area contributed by atoms with E-state index in [9.17, 15) is 13.5 Å². The minimum Gasteiger partial charge on any atom is -0.497 e. The Morgan fingerprint density at radius 1 is 1.29 bits per heavy atom. The molecule has 0 aliphatic carbocycles. The van der Waals surface area contributed by atoms with Gasteiger partial charge in [0, 0.05) is 11.6 Å². The summed E-state index contributed by atoms with van der Waals surface area (Å²) in [6, 6.07) is 5.07. The molecule has 1 atom stereocenters. The molecule has 0 heterocycles. The van der Waals surface area contributed by atoms with Crippen LogP contribution in [0.25, 0.3) is 0 Å². The number of sulfone groups is 1. The van der Waals surface area contributed by atoms with Gasteiger partial charge in [-0.3, -0.25) is 0 Å². The summed E-state index contributed by atoms with van der Waals surface area (Å²) >= 11 is 0. The maximum Gasteiger partial charge on any atom is 0.158 e. The van der Waals surface area contributed by atoms with Crippen molar-refractivity contribution in [3.63, 3.8) is 0 Å². The first kappa shape index (κ1) is 17.8. The van der Waals surface area contributed by atoms with Crippen LogP contribution >= 0.6 is 0 Å². The van der Waals surface area contributed by atoms with Crippen molar-refractivity contribution in [2.45, 2.75) is 38.5 Å². The maximum atomic E-state index is 12.0. The summed E-state index contributed by atoms with van der Waals surface area (Å²) < 4.78 is 33.9. The van der Waals surface area contributed by atoms with Crippen LogP contribution in [0.4, 0.5) is 0 Å². The van der Waals surface area contributed by atoms with Gasteiger partial charge in [-0.05, 0) is 39.8 Å². The third-order valence-electron chi connectivity index (χ3n) is 3.21. The molecule has 1 rings (SSSR count). The lowest BCUT2D eigenvalue weighted by molar-refractivity contribution is 0.192. The van der Waals surface area contributed by atoms with Crippen molar-refractivity contribution < 1.29 is 23.0 Å². The second kappa shape index (κ2) is 6.66. The molecule has 0 spiro atoms. The van der Waals surface area contributed by atoms with Crippen molar-refractivity contribution in [1.82, 2.24) is 0 Å². The molecule has 0 fully saturated rings. The molecule has 1 N–H and O–H groups in total. The molecule has 0 saturated carbocycles. The van der Waals surface area contributed by atoms with Crippen LogP contribution in [0.1, 0.15) is 39.4 Å². The van der Waals surface area contributed by atoms with E-state index in [4.69, 9.17) is 9.47 Å². The maximum absolute atomic E-state index is 12.0. The summed E-state index contributed by atoms with van der Waals surface area (Å²) in [6.45, 7) is 6.65. The molecule has 0 saturated heterocycles. The zero-order valence-corrected chi connectivity index (χ0v) is 14.0. The molecule has 0 bridgehead atoms. The molecule has 0 aliphatic rings. The van der Waals surface area contributed by atoms with E-state index in [0.717, 1.165) is 0 Å². The standard InChI is InChI=1S/C15H24O5S/c1-11(16)13-7-6-12(19-5)10-14(13)20-8-9-21(17,18)15(2,3)4/h6-7,10-11,16H,8-9H2,1-5H3. The van der Waals surface area contributed by atoms with E-state index in [1.807, 2.05) is 0 Å². The molecule has 1 aromatic rings. The molecule has 1 aromatic carbocycles. The first-order chi connectivity index (χ1) is 9.58. The van der Waals surface area contributed by atoms with Gasteiger partial charge in [-0.15, -0.1) is 0 Å².